The first-order valence-corrected chi connectivity index (χ1v) is 6.96. The van der Waals surface area contributed by atoms with Gasteiger partial charge in [0, 0.05) is 31.0 Å². The first kappa shape index (κ1) is 13.2. The van der Waals surface area contributed by atoms with E-state index in [1.807, 2.05) is 17.9 Å². The SMILES string of the molecule is Cc1nnc(N2CCC(c3cc(C)c(Cl)cc3O)C2)o1. The molecule has 1 unspecified atom stereocenters. The fourth-order valence-corrected chi connectivity index (χ4v) is 2.78. The second-order valence-electron chi connectivity index (χ2n) is 5.20. The molecule has 0 amide bonds. The van der Waals surface area contributed by atoms with Gasteiger partial charge in [-0.05, 0) is 30.5 Å². The molecule has 0 bridgehead atoms. The Balaban J connectivity index is 1.82. The van der Waals surface area contributed by atoms with Crippen LogP contribution < -0.4 is 4.90 Å². The van der Waals surface area contributed by atoms with Crippen molar-refractivity contribution in [2.24, 2.45) is 0 Å². The van der Waals surface area contributed by atoms with Crippen molar-refractivity contribution in [1.82, 2.24) is 10.2 Å². The zero-order chi connectivity index (χ0) is 14.3. The Labute approximate surface area is 122 Å². The van der Waals surface area contributed by atoms with Crippen LogP contribution >= 0.6 is 11.6 Å². The monoisotopic (exact) mass is 293 g/mol. The van der Waals surface area contributed by atoms with Crippen LogP contribution in [0.2, 0.25) is 5.02 Å². The standard InChI is InChI=1S/C14H16ClN3O2/c1-8-5-11(13(19)6-12(8)15)10-3-4-18(7-10)14-17-16-9(2)20-14/h5-6,10,19H,3-4,7H2,1-2H3. The van der Waals surface area contributed by atoms with Crippen molar-refractivity contribution in [3.8, 4) is 5.75 Å². The van der Waals surface area contributed by atoms with Crippen molar-refractivity contribution in [3.05, 3.63) is 34.2 Å². The van der Waals surface area contributed by atoms with E-state index in [2.05, 4.69) is 10.2 Å². The summed E-state index contributed by atoms with van der Waals surface area (Å²) in [6.07, 6.45) is 0.941. The Morgan fingerprint density at radius 2 is 2.15 bits per heavy atom. The van der Waals surface area contributed by atoms with Crippen LogP contribution in [0.1, 0.15) is 29.4 Å². The summed E-state index contributed by atoms with van der Waals surface area (Å²) in [4.78, 5) is 2.05. The van der Waals surface area contributed by atoms with Crippen LogP contribution in [0.5, 0.6) is 5.75 Å². The molecule has 20 heavy (non-hydrogen) atoms. The lowest BCUT2D eigenvalue weighted by Crippen LogP contribution is -2.19. The van der Waals surface area contributed by atoms with Gasteiger partial charge in [-0.15, -0.1) is 5.10 Å². The summed E-state index contributed by atoms with van der Waals surface area (Å²) in [6, 6.07) is 4.13. The molecule has 1 fully saturated rings. The van der Waals surface area contributed by atoms with Gasteiger partial charge in [-0.3, -0.25) is 0 Å². The van der Waals surface area contributed by atoms with Gasteiger partial charge in [0.05, 0.1) is 0 Å². The van der Waals surface area contributed by atoms with E-state index in [1.54, 1.807) is 13.0 Å². The number of rotatable bonds is 2. The summed E-state index contributed by atoms with van der Waals surface area (Å²) in [5, 5.41) is 18.6. The van der Waals surface area contributed by atoms with Gasteiger partial charge >= 0.3 is 6.01 Å². The van der Waals surface area contributed by atoms with Crippen molar-refractivity contribution in [2.75, 3.05) is 18.0 Å². The molecule has 5 nitrogen and oxygen atoms in total. The molecule has 3 rings (SSSR count). The largest absolute Gasteiger partial charge is 0.508 e. The van der Waals surface area contributed by atoms with Gasteiger partial charge in [-0.1, -0.05) is 22.8 Å². The van der Waals surface area contributed by atoms with E-state index < -0.39 is 0 Å². The number of aromatic hydroxyl groups is 1. The van der Waals surface area contributed by atoms with Gasteiger partial charge in [-0.25, -0.2) is 0 Å². The molecule has 6 heteroatoms. The average molecular weight is 294 g/mol. The van der Waals surface area contributed by atoms with Gasteiger partial charge in [0.15, 0.2) is 0 Å². The smallest absolute Gasteiger partial charge is 0.318 e. The first-order valence-electron chi connectivity index (χ1n) is 6.58. The first-order chi connectivity index (χ1) is 9.54. The highest BCUT2D eigenvalue weighted by Gasteiger charge is 2.29. The Morgan fingerprint density at radius 1 is 1.35 bits per heavy atom. The fraction of sp³-hybridized carbons (Fsp3) is 0.429. The van der Waals surface area contributed by atoms with E-state index in [0.29, 0.717) is 16.9 Å². The predicted octanol–water partition coefficient (Wildman–Crippen LogP) is 3.04. The topological polar surface area (TPSA) is 62.4 Å². The molecule has 1 aromatic heterocycles. The molecule has 0 spiro atoms. The second-order valence-corrected chi connectivity index (χ2v) is 5.60. The molecular formula is C14H16ClN3O2. The van der Waals surface area contributed by atoms with Gasteiger partial charge in [0.25, 0.3) is 0 Å². The van der Waals surface area contributed by atoms with Gasteiger partial charge in [0.2, 0.25) is 5.89 Å². The lowest BCUT2D eigenvalue weighted by molar-refractivity contribution is 0.462. The maximum absolute atomic E-state index is 10.1. The summed E-state index contributed by atoms with van der Waals surface area (Å²) >= 11 is 6.02. The van der Waals surface area contributed by atoms with Gasteiger partial charge in [-0.2, -0.15) is 0 Å². The number of phenolic OH excluding ortho intramolecular Hbond substituents is 1. The average Bonchev–Trinajstić information content (AvgIpc) is 3.02. The summed E-state index contributed by atoms with van der Waals surface area (Å²) in [5.41, 5.74) is 1.91. The Hall–Kier alpha value is -1.75. The Bertz CT molecular complexity index is 641. The van der Waals surface area contributed by atoms with Crippen LogP contribution in [-0.4, -0.2) is 28.4 Å². The number of nitrogens with zero attached hydrogens (tertiary/aromatic N) is 3. The van der Waals surface area contributed by atoms with Crippen LogP contribution in [-0.2, 0) is 0 Å². The van der Waals surface area contributed by atoms with Crippen molar-refractivity contribution in [1.29, 1.82) is 0 Å². The quantitative estimate of drug-likeness (QED) is 0.922. The molecule has 2 heterocycles. The highest BCUT2D eigenvalue weighted by Crippen LogP contribution is 2.37. The zero-order valence-electron chi connectivity index (χ0n) is 11.4. The number of aryl methyl sites for hydroxylation is 2. The second kappa shape index (κ2) is 4.98. The van der Waals surface area contributed by atoms with Crippen molar-refractivity contribution < 1.29 is 9.52 Å². The minimum atomic E-state index is 0.248. The lowest BCUT2D eigenvalue weighted by atomic mass is 9.96. The summed E-state index contributed by atoms with van der Waals surface area (Å²) < 4.78 is 5.44. The third-order valence-corrected chi connectivity index (χ3v) is 4.13. The van der Waals surface area contributed by atoms with E-state index in [4.69, 9.17) is 16.0 Å². The zero-order valence-corrected chi connectivity index (χ0v) is 12.2. The van der Waals surface area contributed by atoms with Crippen LogP contribution in [0.15, 0.2) is 16.5 Å². The van der Waals surface area contributed by atoms with Crippen LogP contribution in [0, 0.1) is 13.8 Å². The number of anilines is 1. The highest BCUT2D eigenvalue weighted by atomic mass is 35.5. The molecule has 1 aromatic carbocycles. The molecule has 1 N–H and O–H groups in total. The molecule has 1 aliphatic rings. The number of aromatic nitrogens is 2. The van der Waals surface area contributed by atoms with Crippen LogP contribution in [0.4, 0.5) is 6.01 Å². The van der Waals surface area contributed by atoms with Crippen molar-refractivity contribution in [3.63, 3.8) is 0 Å². The number of benzene rings is 1. The van der Waals surface area contributed by atoms with E-state index in [-0.39, 0.29) is 11.7 Å². The highest BCUT2D eigenvalue weighted by molar-refractivity contribution is 6.31. The minimum absolute atomic E-state index is 0.248. The predicted molar refractivity (Wildman–Crippen MR) is 76.5 cm³/mol. The molecule has 0 saturated carbocycles. The summed E-state index contributed by atoms with van der Waals surface area (Å²) in [5.74, 6) is 1.07. The Morgan fingerprint density at radius 3 is 2.85 bits per heavy atom. The number of phenols is 1. The van der Waals surface area contributed by atoms with E-state index in [9.17, 15) is 5.11 Å². The summed E-state index contributed by atoms with van der Waals surface area (Å²) in [6.45, 7) is 5.32. The summed E-state index contributed by atoms with van der Waals surface area (Å²) in [7, 11) is 0. The molecule has 1 atom stereocenters. The number of hydrogen-bond donors (Lipinski definition) is 1. The Kier molecular flexibility index (Phi) is 3.30. The van der Waals surface area contributed by atoms with Crippen molar-refractivity contribution in [2.45, 2.75) is 26.2 Å². The number of hydrogen-bond acceptors (Lipinski definition) is 5. The third kappa shape index (κ3) is 2.33. The minimum Gasteiger partial charge on any atom is -0.508 e. The van der Waals surface area contributed by atoms with E-state index in [0.717, 1.165) is 30.6 Å². The van der Waals surface area contributed by atoms with E-state index >= 15 is 0 Å². The third-order valence-electron chi connectivity index (χ3n) is 3.72. The lowest BCUT2D eigenvalue weighted by Gasteiger charge is -2.15. The van der Waals surface area contributed by atoms with E-state index in [1.165, 1.54) is 0 Å². The van der Waals surface area contributed by atoms with Crippen molar-refractivity contribution >= 4 is 17.6 Å². The molecular weight excluding hydrogens is 278 g/mol. The molecule has 2 aromatic rings. The fourth-order valence-electron chi connectivity index (χ4n) is 2.62. The molecule has 0 radical (unpaired) electrons. The van der Waals surface area contributed by atoms with Crippen LogP contribution in [0.3, 0.4) is 0 Å². The maximum atomic E-state index is 10.1. The molecule has 1 aliphatic heterocycles. The van der Waals surface area contributed by atoms with Gasteiger partial charge < -0.3 is 14.4 Å². The van der Waals surface area contributed by atoms with Crippen LogP contribution in [0.25, 0.3) is 0 Å². The maximum Gasteiger partial charge on any atom is 0.318 e. The van der Waals surface area contributed by atoms with Gasteiger partial charge in [0.1, 0.15) is 5.75 Å². The number of halogens is 1. The molecule has 106 valence electrons. The normalized spacial score (nSPS) is 18.8. The molecule has 0 aliphatic carbocycles. The molecule has 1 saturated heterocycles.